The third kappa shape index (κ3) is 3.45. The van der Waals surface area contributed by atoms with Gasteiger partial charge in [0.15, 0.2) is 0 Å². The molecule has 0 aliphatic carbocycles. The van der Waals surface area contributed by atoms with Crippen molar-refractivity contribution in [3.05, 3.63) is 29.8 Å². The van der Waals surface area contributed by atoms with Gasteiger partial charge < -0.3 is 0 Å². The van der Waals surface area contributed by atoms with E-state index in [1.54, 1.807) is 6.07 Å². The van der Waals surface area contributed by atoms with Gasteiger partial charge >= 0.3 is 0 Å². The molecule has 1 aromatic rings. The van der Waals surface area contributed by atoms with Gasteiger partial charge in [0.05, 0.1) is 4.90 Å². The van der Waals surface area contributed by atoms with Gasteiger partial charge in [-0.3, -0.25) is 11.0 Å². The van der Waals surface area contributed by atoms with Gasteiger partial charge in [-0.25, -0.2) is 4.21 Å². The minimum atomic E-state index is -2.65. The molecule has 0 bridgehead atoms. The Kier molecular flexibility index (Phi) is 4.79. The number of aryl methyl sites for hydroxylation is 1. The first-order valence-corrected chi connectivity index (χ1v) is 8.80. The highest BCUT2D eigenvalue weighted by Gasteiger charge is 2.22. The second kappa shape index (κ2) is 5.49. The first-order valence-electron chi connectivity index (χ1n) is 4.80. The molecule has 16 heavy (non-hydrogen) atoms. The van der Waals surface area contributed by atoms with Crippen molar-refractivity contribution in [3.8, 4) is 0 Å². The summed E-state index contributed by atoms with van der Waals surface area (Å²) in [7, 11) is -1.37. The van der Waals surface area contributed by atoms with E-state index in [1.807, 2.05) is 32.0 Å². The molecule has 0 aromatic heterocycles. The molecule has 90 valence electrons. The van der Waals surface area contributed by atoms with E-state index in [2.05, 4.69) is 0 Å². The molecule has 0 amide bonds. The predicted molar refractivity (Wildman–Crippen MR) is 72.6 cm³/mol. The van der Waals surface area contributed by atoms with Crippen LogP contribution < -0.4 is 11.0 Å². The maximum atomic E-state index is 12.2. The third-order valence-corrected chi connectivity index (χ3v) is 6.44. The van der Waals surface area contributed by atoms with Crippen LogP contribution in [0.3, 0.4) is 0 Å². The molecule has 1 unspecified atom stereocenters. The maximum Gasteiger partial charge on any atom is 0.146 e. The molecule has 4 N–H and O–H groups in total. The quantitative estimate of drug-likeness (QED) is 0.818. The zero-order valence-electron chi connectivity index (χ0n) is 9.29. The van der Waals surface area contributed by atoms with Crippen LogP contribution in [0.1, 0.15) is 12.5 Å². The first-order chi connectivity index (χ1) is 7.36. The summed E-state index contributed by atoms with van der Waals surface area (Å²) in [6.07, 6.45) is 0. The average Bonchev–Trinajstić information content (AvgIpc) is 2.16. The predicted octanol–water partition coefficient (Wildman–Crippen LogP) is 1.48. The molecular weight excluding hydrogens is 261 g/mol. The van der Waals surface area contributed by atoms with E-state index >= 15 is 0 Å². The van der Waals surface area contributed by atoms with Crippen LogP contribution in [0.2, 0.25) is 0 Å². The maximum absolute atomic E-state index is 12.2. The summed E-state index contributed by atoms with van der Waals surface area (Å²) in [5.41, 5.74) is 12.5. The van der Waals surface area contributed by atoms with E-state index in [0.717, 1.165) is 5.56 Å². The second-order valence-electron chi connectivity index (χ2n) is 3.41. The number of rotatable bonds is 4. The molecule has 1 aromatic carbocycles. The van der Waals surface area contributed by atoms with Crippen LogP contribution in [0.5, 0.6) is 0 Å². The Morgan fingerprint density at radius 1 is 1.50 bits per heavy atom. The summed E-state index contributed by atoms with van der Waals surface area (Å²) < 4.78 is 13.7. The van der Waals surface area contributed by atoms with Crippen LogP contribution in [-0.2, 0) is 22.8 Å². The zero-order valence-corrected chi connectivity index (χ0v) is 11.8. The van der Waals surface area contributed by atoms with Gasteiger partial charge in [-0.1, -0.05) is 19.1 Å². The van der Waals surface area contributed by atoms with Gasteiger partial charge in [-0.05, 0) is 36.4 Å². The third-order valence-electron chi connectivity index (χ3n) is 2.00. The van der Waals surface area contributed by atoms with E-state index in [1.165, 1.54) is 4.08 Å². The Bertz CT molecular complexity index is 446. The summed E-state index contributed by atoms with van der Waals surface area (Å²) in [6, 6.07) is 7.44. The fourth-order valence-corrected chi connectivity index (χ4v) is 4.80. The van der Waals surface area contributed by atoms with Crippen LogP contribution in [0, 0.1) is 6.92 Å². The molecule has 1 atom stereocenters. The lowest BCUT2D eigenvalue weighted by Crippen LogP contribution is -2.30. The van der Waals surface area contributed by atoms with E-state index < -0.39 is 17.5 Å². The van der Waals surface area contributed by atoms with Crippen molar-refractivity contribution in [1.82, 2.24) is 4.08 Å². The molecule has 4 nitrogen and oxygen atoms in total. The number of hydrogen-bond donors (Lipinski definition) is 2. The highest BCUT2D eigenvalue weighted by Crippen LogP contribution is 2.35. The lowest BCUT2D eigenvalue weighted by atomic mass is 10.2. The monoisotopic (exact) mass is 277 g/mol. The highest BCUT2D eigenvalue weighted by atomic mass is 32.5. The first kappa shape index (κ1) is 14.0. The van der Waals surface area contributed by atoms with Crippen LogP contribution in [0.15, 0.2) is 29.2 Å². The lowest BCUT2D eigenvalue weighted by molar-refractivity contribution is 0.632. The Morgan fingerprint density at radius 2 is 2.12 bits per heavy atom. The van der Waals surface area contributed by atoms with Gasteiger partial charge in [0.1, 0.15) is 17.5 Å². The zero-order chi connectivity index (χ0) is 12.3. The van der Waals surface area contributed by atoms with Crippen molar-refractivity contribution in [2.24, 2.45) is 11.0 Å². The van der Waals surface area contributed by atoms with Crippen molar-refractivity contribution in [2.75, 3.05) is 6.54 Å². The standard InChI is InChI=1S/C9H16N3OPS2/c1-3-12(14(10,11)15)16(13)9-6-4-5-8(2)7-9/h4-7H,3H2,1-2H3,(H4,10,11,15). The Labute approximate surface area is 104 Å². The van der Waals surface area contributed by atoms with Gasteiger partial charge in [0, 0.05) is 6.54 Å². The summed E-state index contributed by atoms with van der Waals surface area (Å²) in [5.74, 6) is 0. The molecule has 0 radical (unpaired) electrons. The van der Waals surface area contributed by atoms with Crippen molar-refractivity contribution in [3.63, 3.8) is 0 Å². The largest absolute Gasteiger partial charge is 0.279 e. The molecule has 0 aliphatic heterocycles. The molecule has 0 aliphatic rings. The molecule has 0 spiro atoms. The van der Waals surface area contributed by atoms with Crippen LogP contribution in [-0.4, -0.2) is 14.8 Å². The van der Waals surface area contributed by atoms with E-state index in [9.17, 15) is 4.21 Å². The van der Waals surface area contributed by atoms with Crippen molar-refractivity contribution >= 4 is 29.3 Å². The van der Waals surface area contributed by atoms with Crippen LogP contribution >= 0.6 is 6.49 Å². The topological polar surface area (TPSA) is 72.3 Å². The molecule has 1 rings (SSSR count). The number of nitrogens with two attached hydrogens (primary N) is 2. The van der Waals surface area contributed by atoms with Crippen molar-refractivity contribution < 1.29 is 4.21 Å². The normalized spacial score (nSPS) is 14.1. The molecule has 0 saturated heterocycles. The molecule has 0 heterocycles. The molecular formula is C9H16N3OPS2. The van der Waals surface area contributed by atoms with Gasteiger partial charge in [-0.2, -0.15) is 4.08 Å². The van der Waals surface area contributed by atoms with Crippen molar-refractivity contribution in [2.45, 2.75) is 18.7 Å². The van der Waals surface area contributed by atoms with E-state index in [4.69, 9.17) is 22.8 Å². The lowest BCUT2D eigenvalue weighted by Gasteiger charge is -2.25. The summed E-state index contributed by atoms with van der Waals surface area (Å²) >= 11 is 5.01. The molecule has 7 heteroatoms. The summed E-state index contributed by atoms with van der Waals surface area (Å²) in [5, 5.41) is 0. The summed E-state index contributed by atoms with van der Waals surface area (Å²) in [4.78, 5) is 0.687. The Hall–Kier alpha value is -0.100. The van der Waals surface area contributed by atoms with Gasteiger partial charge in [0.2, 0.25) is 0 Å². The minimum absolute atomic E-state index is 0.477. The van der Waals surface area contributed by atoms with Gasteiger partial charge in [-0.15, -0.1) is 0 Å². The fourth-order valence-electron chi connectivity index (χ4n) is 1.30. The smallest absolute Gasteiger partial charge is 0.146 e. The average molecular weight is 277 g/mol. The minimum Gasteiger partial charge on any atom is -0.279 e. The van der Waals surface area contributed by atoms with Crippen LogP contribution in [0.4, 0.5) is 0 Å². The Morgan fingerprint density at radius 3 is 2.56 bits per heavy atom. The highest BCUT2D eigenvalue weighted by molar-refractivity contribution is 8.14. The number of benzene rings is 1. The second-order valence-corrected chi connectivity index (χ2v) is 8.67. The SMILES string of the molecule is CCN(S(=O)c1cccc(C)c1)P(N)(N)=S. The summed E-state index contributed by atoms with van der Waals surface area (Å²) in [6.45, 7) is 1.62. The van der Waals surface area contributed by atoms with E-state index in [-0.39, 0.29) is 0 Å². The van der Waals surface area contributed by atoms with Gasteiger partial charge in [0.25, 0.3) is 0 Å². The van der Waals surface area contributed by atoms with Crippen molar-refractivity contribution in [1.29, 1.82) is 0 Å². The number of nitrogens with zero attached hydrogens (tertiary/aromatic N) is 1. The Balaban J connectivity index is 3.06. The molecule has 0 saturated carbocycles. The number of hydrogen-bond acceptors (Lipinski definition) is 2. The fraction of sp³-hybridized carbons (Fsp3) is 0.333. The van der Waals surface area contributed by atoms with Crippen LogP contribution in [0.25, 0.3) is 0 Å². The van der Waals surface area contributed by atoms with E-state index in [0.29, 0.717) is 11.4 Å². The molecule has 0 fully saturated rings.